The molecule has 0 atom stereocenters. The second kappa shape index (κ2) is 4.85. The van der Waals surface area contributed by atoms with Crippen molar-refractivity contribution in [3.8, 4) is 11.5 Å². The molecule has 84 valence electrons. The first-order valence-corrected chi connectivity index (χ1v) is 5.38. The minimum Gasteiger partial charge on any atom is -0.326 e. The molecule has 0 radical (unpaired) electrons. The van der Waals surface area contributed by atoms with Crippen LogP contribution >= 0.6 is 0 Å². The lowest BCUT2D eigenvalue weighted by molar-refractivity contribution is 0.681. The molecule has 2 N–H and O–H groups in total. The summed E-state index contributed by atoms with van der Waals surface area (Å²) in [5.74, 6) is 0.811. The van der Waals surface area contributed by atoms with Gasteiger partial charge in [0.15, 0.2) is 5.82 Å². The topological polar surface area (TPSA) is 69.6 Å². The van der Waals surface area contributed by atoms with Crippen molar-refractivity contribution in [1.29, 1.82) is 0 Å². The highest BCUT2D eigenvalue weighted by Crippen LogP contribution is 2.14. The van der Waals surface area contributed by atoms with Crippen LogP contribution < -0.4 is 5.73 Å². The van der Waals surface area contributed by atoms with E-state index in [1.54, 1.807) is 12.5 Å². The summed E-state index contributed by atoms with van der Waals surface area (Å²) in [6, 6.07) is 3.89. The fourth-order valence-electron chi connectivity index (χ4n) is 1.54. The molecule has 16 heavy (non-hydrogen) atoms. The second-order valence-corrected chi connectivity index (χ2v) is 3.60. The Labute approximate surface area is 94.3 Å². The van der Waals surface area contributed by atoms with Crippen molar-refractivity contribution in [3.05, 3.63) is 30.2 Å². The zero-order chi connectivity index (χ0) is 11.4. The summed E-state index contributed by atoms with van der Waals surface area (Å²) in [6.45, 7) is 3.53. The largest absolute Gasteiger partial charge is 0.326 e. The molecule has 0 saturated carbocycles. The Hall–Kier alpha value is -1.75. The minimum absolute atomic E-state index is 0.509. The van der Waals surface area contributed by atoms with Crippen molar-refractivity contribution in [3.63, 3.8) is 0 Å². The lowest BCUT2D eigenvalue weighted by Gasteiger charge is -2.04. The fourth-order valence-corrected chi connectivity index (χ4v) is 1.54. The van der Waals surface area contributed by atoms with E-state index in [1.165, 1.54) is 0 Å². The highest BCUT2D eigenvalue weighted by atomic mass is 15.3. The highest BCUT2D eigenvalue weighted by molar-refractivity contribution is 5.48. The van der Waals surface area contributed by atoms with E-state index < -0.39 is 0 Å². The van der Waals surface area contributed by atoms with E-state index in [9.17, 15) is 0 Å². The molecular formula is C11H15N5. The maximum absolute atomic E-state index is 5.52. The smallest absolute Gasteiger partial charge is 0.182 e. The summed E-state index contributed by atoms with van der Waals surface area (Å²) in [5, 5.41) is 7.99. The second-order valence-electron chi connectivity index (χ2n) is 3.60. The maximum atomic E-state index is 5.52. The predicted octanol–water partition coefficient (Wildman–Crippen LogP) is 1.21. The van der Waals surface area contributed by atoms with Crippen LogP contribution in [0.4, 0.5) is 0 Å². The zero-order valence-electron chi connectivity index (χ0n) is 9.30. The summed E-state index contributed by atoms with van der Waals surface area (Å²) in [4.78, 5) is 4.33. The Morgan fingerprint density at radius 3 is 2.88 bits per heavy atom. The Bertz CT molecular complexity index is 446. The molecular weight excluding hydrogens is 202 g/mol. The molecule has 2 heterocycles. The summed E-state index contributed by atoms with van der Waals surface area (Å²) < 4.78 is 2.00. The van der Waals surface area contributed by atoms with E-state index in [-0.39, 0.29) is 0 Å². The average Bonchev–Trinajstić information content (AvgIpc) is 2.78. The van der Waals surface area contributed by atoms with Crippen molar-refractivity contribution < 1.29 is 0 Å². The molecule has 0 aliphatic heterocycles. The van der Waals surface area contributed by atoms with E-state index in [0.717, 1.165) is 30.0 Å². The normalized spacial score (nSPS) is 10.6. The summed E-state index contributed by atoms with van der Waals surface area (Å²) >= 11 is 0. The van der Waals surface area contributed by atoms with Crippen LogP contribution in [0.2, 0.25) is 0 Å². The van der Waals surface area contributed by atoms with Gasteiger partial charge in [0.2, 0.25) is 0 Å². The molecule has 0 amide bonds. The van der Waals surface area contributed by atoms with E-state index in [0.29, 0.717) is 6.54 Å². The predicted molar refractivity (Wildman–Crippen MR) is 61.4 cm³/mol. The molecule has 2 rings (SSSR count). The Balaban J connectivity index is 2.31. The molecule has 2 aromatic rings. The van der Waals surface area contributed by atoms with Gasteiger partial charge in [-0.2, -0.15) is 0 Å². The van der Waals surface area contributed by atoms with Crippen LogP contribution in [0.5, 0.6) is 0 Å². The molecule has 5 nitrogen and oxygen atoms in total. The third kappa shape index (κ3) is 2.09. The number of hydrogen-bond acceptors (Lipinski definition) is 4. The van der Waals surface area contributed by atoms with E-state index in [1.807, 2.05) is 16.7 Å². The summed E-state index contributed by atoms with van der Waals surface area (Å²) in [5.41, 5.74) is 7.38. The lowest BCUT2D eigenvalue weighted by atomic mass is 10.2. The molecule has 0 spiro atoms. The van der Waals surface area contributed by atoms with Gasteiger partial charge in [-0.05, 0) is 18.1 Å². The first-order chi connectivity index (χ1) is 7.85. The van der Waals surface area contributed by atoms with Crippen LogP contribution in [0.3, 0.4) is 0 Å². The number of aryl methyl sites for hydroxylation is 1. The molecule has 0 saturated heterocycles. The number of aromatic nitrogens is 4. The molecule has 0 aromatic carbocycles. The molecule has 0 aliphatic rings. The number of nitrogens with zero attached hydrogens (tertiary/aromatic N) is 4. The fraction of sp³-hybridized carbons (Fsp3) is 0.364. The number of hydrogen-bond donors (Lipinski definition) is 1. The SMILES string of the molecule is CCCn1cnnc1-c1ccc(CN)cn1. The van der Waals surface area contributed by atoms with Crippen molar-refractivity contribution in [2.75, 3.05) is 0 Å². The number of nitrogens with two attached hydrogens (primary N) is 1. The van der Waals surface area contributed by atoms with Gasteiger partial charge in [-0.1, -0.05) is 13.0 Å². The van der Waals surface area contributed by atoms with Crippen LogP contribution in [0.25, 0.3) is 11.5 Å². The van der Waals surface area contributed by atoms with Gasteiger partial charge in [0, 0.05) is 19.3 Å². The summed E-state index contributed by atoms with van der Waals surface area (Å²) in [6.07, 6.45) is 4.56. The van der Waals surface area contributed by atoms with Gasteiger partial charge < -0.3 is 10.3 Å². The molecule has 0 unspecified atom stereocenters. The monoisotopic (exact) mass is 217 g/mol. The Kier molecular flexibility index (Phi) is 3.26. The van der Waals surface area contributed by atoms with Crippen LogP contribution in [0.1, 0.15) is 18.9 Å². The van der Waals surface area contributed by atoms with Gasteiger partial charge in [-0.3, -0.25) is 4.98 Å². The van der Waals surface area contributed by atoms with Gasteiger partial charge in [0.1, 0.15) is 12.0 Å². The third-order valence-corrected chi connectivity index (χ3v) is 2.37. The van der Waals surface area contributed by atoms with Crippen molar-refractivity contribution in [2.24, 2.45) is 5.73 Å². The first-order valence-electron chi connectivity index (χ1n) is 5.38. The van der Waals surface area contributed by atoms with Crippen molar-refractivity contribution in [2.45, 2.75) is 26.4 Å². The van der Waals surface area contributed by atoms with Crippen LogP contribution in [0.15, 0.2) is 24.7 Å². The van der Waals surface area contributed by atoms with Crippen molar-refractivity contribution in [1.82, 2.24) is 19.7 Å². The Morgan fingerprint density at radius 2 is 2.25 bits per heavy atom. The van der Waals surface area contributed by atoms with Gasteiger partial charge in [-0.15, -0.1) is 10.2 Å². The summed E-state index contributed by atoms with van der Waals surface area (Å²) in [7, 11) is 0. The van der Waals surface area contributed by atoms with Gasteiger partial charge in [0.05, 0.1) is 0 Å². The van der Waals surface area contributed by atoms with E-state index in [2.05, 4.69) is 22.1 Å². The van der Waals surface area contributed by atoms with E-state index >= 15 is 0 Å². The van der Waals surface area contributed by atoms with Crippen LogP contribution in [0, 0.1) is 0 Å². The quantitative estimate of drug-likeness (QED) is 0.835. The van der Waals surface area contributed by atoms with Gasteiger partial charge >= 0.3 is 0 Å². The maximum Gasteiger partial charge on any atom is 0.182 e. The molecule has 0 bridgehead atoms. The van der Waals surface area contributed by atoms with E-state index in [4.69, 9.17) is 5.73 Å². The third-order valence-electron chi connectivity index (χ3n) is 2.37. The molecule has 2 aromatic heterocycles. The van der Waals surface area contributed by atoms with Crippen LogP contribution in [-0.4, -0.2) is 19.7 Å². The Morgan fingerprint density at radius 1 is 1.38 bits per heavy atom. The zero-order valence-corrected chi connectivity index (χ0v) is 9.30. The van der Waals surface area contributed by atoms with Gasteiger partial charge in [-0.25, -0.2) is 0 Å². The highest BCUT2D eigenvalue weighted by Gasteiger charge is 2.07. The van der Waals surface area contributed by atoms with Gasteiger partial charge in [0.25, 0.3) is 0 Å². The van der Waals surface area contributed by atoms with Crippen molar-refractivity contribution >= 4 is 0 Å². The standard InChI is InChI=1S/C11H15N5/c1-2-5-16-8-14-15-11(16)10-4-3-9(6-12)7-13-10/h3-4,7-8H,2,5-6,12H2,1H3. The minimum atomic E-state index is 0.509. The average molecular weight is 217 g/mol. The lowest BCUT2D eigenvalue weighted by Crippen LogP contribution is -2.01. The number of pyridine rings is 1. The first kappa shape index (κ1) is 10.8. The molecule has 5 heteroatoms. The van der Waals surface area contributed by atoms with Crippen LogP contribution in [-0.2, 0) is 13.1 Å². The molecule has 0 fully saturated rings. The molecule has 0 aliphatic carbocycles. The number of rotatable bonds is 4.